The molecule has 8 nitrogen and oxygen atoms in total. The Labute approximate surface area is 145 Å². The van der Waals surface area contributed by atoms with Crippen molar-refractivity contribution in [1.29, 1.82) is 0 Å². The SMILES string of the molecule is CS(=O)(=O)c1ccc(CCC(=O)N2CC(N3C(=O)COC3=O)C2)cc1. The van der Waals surface area contributed by atoms with E-state index in [1.807, 2.05) is 0 Å². The summed E-state index contributed by atoms with van der Waals surface area (Å²) in [7, 11) is -3.23. The van der Waals surface area contributed by atoms with Gasteiger partial charge in [-0.1, -0.05) is 12.1 Å². The third kappa shape index (κ3) is 3.65. The molecule has 0 radical (unpaired) electrons. The van der Waals surface area contributed by atoms with Crippen molar-refractivity contribution in [2.75, 3.05) is 26.0 Å². The molecule has 2 aliphatic heterocycles. The van der Waals surface area contributed by atoms with Crippen LogP contribution in [0.15, 0.2) is 29.2 Å². The van der Waals surface area contributed by atoms with E-state index in [1.54, 1.807) is 17.0 Å². The Balaban J connectivity index is 1.48. The number of benzene rings is 1. The van der Waals surface area contributed by atoms with Crippen LogP contribution in [-0.2, 0) is 30.6 Å². The summed E-state index contributed by atoms with van der Waals surface area (Å²) in [4.78, 5) is 38.1. The number of aryl methyl sites for hydroxylation is 1. The van der Waals surface area contributed by atoms with Gasteiger partial charge in [-0.15, -0.1) is 0 Å². The van der Waals surface area contributed by atoms with Crippen LogP contribution in [0.2, 0.25) is 0 Å². The quantitative estimate of drug-likeness (QED) is 0.738. The molecule has 25 heavy (non-hydrogen) atoms. The van der Waals surface area contributed by atoms with Gasteiger partial charge in [0.05, 0.1) is 10.9 Å². The van der Waals surface area contributed by atoms with Gasteiger partial charge >= 0.3 is 6.09 Å². The number of cyclic esters (lactones) is 1. The molecule has 0 unspecified atom stereocenters. The van der Waals surface area contributed by atoms with Gasteiger partial charge in [0.1, 0.15) is 0 Å². The van der Waals surface area contributed by atoms with E-state index in [9.17, 15) is 22.8 Å². The molecule has 3 rings (SSSR count). The fourth-order valence-electron chi connectivity index (χ4n) is 2.85. The third-order valence-corrected chi connectivity index (χ3v) is 5.47. The zero-order chi connectivity index (χ0) is 18.2. The molecule has 0 aromatic heterocycles. The molecule has 2 saturated heterocycles. The first-order valence-electron chi connectivity index (χ1n) is 7.81. The van der Waals surface area contributed by atoms with Gasteiger partial charge in [-0.25, -0.2) is 18.1 Å². The number of hydrogen-bond donors (Lipinski definition) is 0. The number of hydrogen-bond acceptors (Lipinski definition) is 6. The van der Waals surface area contributed by atoms with Crippen LogP contribution in [0.25, 0.3) is 0 Å². The lowest BCUT2D eigenvalue weighted by Gasteiger charge is -2.42. The molecule has 2 fully saturated rings. The third-order valence-electron chi connectivity index (χ3n) is 4.34. The lowest BCUT2D eigenvalue weighted by Crippen LogP contribution is -2.62. The minimum absolute atomic E-state index is 0.0662. The fraction of sp³-hybridized carbons (Fsp3) is 0.438. The Kier molecular flexibility index (Phi) is 4.51. The summed E-state index contributed by atoms with van der Waals surface area (Å²) in [6.07, 6.45) is 1.28. The molecule has 0 spiro atoms. The second-order valence-corrected chi connectivity index (χ2v) is 8.20. The number of ether oxygens (including phenoxy) is 1. The molecule has 9 heteroatoms. The summed E-state index contributed by atoms with van der Waals surface area (Å²) in [5.41, 5.74) is 0.871. The Hall–Kier alpha value is -2.42. The van der Waals surface area contributed by atoms with Crippen molar-refractivity contribution in [3.63, 3.8) is 0 Å². The molecule has 0 aliphatic carbocycles. The highest BCUT2D eigenvalue weighted by atomic mass is 32.2. The Bertz CT molecular complexity index is 796. The number of carbonyl (C=O) groups is 3. The molecule has 0 N–H and O–H groups in total. The lowest BCUT2D eigenvalue weighted by molar-refractivity contribution is -0.142. The number of sulfone groups is 1. The predicted octanol–water partition coefficient (Wildman–Crippen LogP) is 0.212. The minimum Gasteiger partial charge on any atom is -0.439 e. The van der Waals surface area contributed by atoms with Crippen LogP contribution in [0.3, 0.4) is 0 Å². The van der Waals surface area contributed by atoms with E-state index in [0.717, 1.165) is 16.7 Å². The average Bonchev–Trinajstić information content (AvgIpc) is 2.83. The largest absolute Gasteiger partial charge is 0.439 e. The topological polar surface area (TPSA) is 101 Å². The number of imide groups is 1. The summed E-state index contributed by atoms with van der Waals surface area (Å²) in [6, 6.07) is 6.14. The number of rotatable bonds is 5. The van der Waals surface area contributed by atoms with Crippen molar-refractivity contribution < 1.29 is 27.5 Å². The number of likely N-dealkylation sites (tertiary alicyclic amines) is 1. The normalized spacial score (nSPS) is 18.3. The highest BCUT2D eigenvalue weighted by Gasteiger charge is 2.44. The van der Waals surface area contributed by atoms with E-state index in [-0.39, 0.29) is 35.8 Å². The van der Waals surface area contributed by atoms with E-state index < -0.39 is 15.9 Å². The van der Waals surface area contributed by atoms with Gasteiger partial charge in [0, 0.05) is 25.8 Å². The minimum atomic E-state index is -3.23. The van der Waals surface area contributed by atoms with Gasteiger partial charge in [0.2, 0.25) is 5.91 Å². The van der Waals surface area contributed by atoms with Crippen LogP contribution in [0.4, 0.5) is 4.79 Å². The van der Waals surface area contributed by atoms with Gasteiger partial charge in [0.15, 0.2) is 16.4 Å². The van der Waals surface area contributed by atoms with Crippen LogP contribution in [0, 0.1) is 0 Å². The smallest absolute Gasteiger partial charge is 0.417 e. The molecule has 1 aromatic carbocycles. The van der Waals surface area contributed by atoms with E-state index in [2.05, 4.69) is 4.74 Å². The molecule has 0 saturated carbocycles. The predicted molar refractivity (Wildman–Crippen MR) is 86.4 cm³/mol. The highest BCUT2D eigenvalue weighted by molar-refractivity contribution is 7.90. The van der Waals surface area contributed by atoms with Gasteiger partial charge in [-0.2, -0.15) is 0 Å². The Morgan fingerprint density at radius 2 is 1.84 bits per heavy atom. The van der Waals surface area contributed by atoms with E-state index in [0.29, 0.717) is 19.5 Å². The first kappa shape index (κ1) is 17.4. The zero-order valence-corrected chi connectivity index (χ0v) is 14.5. The van der Waals surface area contributed by atoms with Gasteiger partial charge in [-0.05, 0) is 24.1 Å². The number of carbonyl (C=O) groups excluding carboxylic acids is 3. The van der Waals surface area contributed by atoms with Gasteiger partial charge in [-0.3, -0.25) is 9.59 Å². The van der Waals surface area contributed by atoms with Crippen LogP contribution in [-0.4, -0.2) is 68.1 Å². The summed E-state index contributed by atoms with van der Waals surface area (Å²) in [5.74, 6) is -0.434. The van der Waals surface area contributed by atoms with Crippen molar-refractivity contribution in [2.45, 2.75) is 23.8 Å². The molecule has 0 bridgehead atoms. The molecule has 134 valence electrons. The van der Waals surface area contributed by atoms with Crippen LogP contribution < -0.4 is 0 Å². The Morgan fingerprint density at radius 1 is 1.20 bits per heavy atom. The zero-order valence-electron chi connectivity index (χ0n) is 13.7. The van der Waals surface area contributed by atoms with Gasteiger partial charge in [0.25, 0.3) is 5.91 Å². The van der Waals surface area contributed by atoms with E-state index in [4.69, 9.17) is 0 Å². The summed E-state index contributed by atoms with van der Waals surface area (Å²) in [5, 5.41) is 0. The van der Waals surface area contributed by atoms with Crippen molar-refractivity contribution in [1.82, 2.24) is 9.80 Å². The average molecular weight is 366 g/mol. The van der Waals surface area contributed by atoms with Crippen molar-refractivity contribution in [3.05, 3.63) is 29.8 Å². The first-order valence-corrected chi connectivity index (χ1v) is 9.70. The maximum Gasteiger partial charge on any atom is 0.417 e. The molecule has 1 aromatic rings. The first-order chi connectivity index (χ1) is 11.8. The van der Waals surface area contributed by atoms with Crippen molar-refractivity contribution in [3.8, 4) is 0 Å². The fourth-order valence-corrected chi connectivity index (χ4v) is 3.48. The molecule has 0 atom stereocenters. The molecule has 3 amide bonds. The van der Waals surface area contributed by atoms with Gasteiger partial charge < -0.3 is 9.64 Å². The van der Waals surface area contributed by atoms with Crippen LogP contribution in [0.1, 0.15) is 12.0 Å². The standard InChI is InChI=1S/C16H18N2O6S/c1-25(22,23)13-5-2-11(3-6-13)4-7-14(19)17-8-12(9-17)18-15(20)10-24-16(18)21/h2-3,5-6,12H,4,7-10H2,1H3. The van der Waals surface area contributed by atoms with E-state index in [1.165, 1.54) is 12.1 Å². The number of amides is 3. The molecular formula is C16H18N2O6S. The van der Waals surface area contributed by atoms with E-state index >= 15 is 0 Å². The maximum absolute atomic E-state index is 12.2. The van der Waals surface area contributed by atoms with Crippen molar-refractivity contribution in [2.24, 2.45) is 0 Å². The van der Waals surface area contributed by atoms with Crippen LogP contribution in [0.5, 0.6) is 0 Å². The monoisotopic (exact) mass is 366 g/mol. The lowest BCUT2D eigenvalue weighted by atomic mass is 10.0. The summed E-state index contributed by atoms with van der Waals surface area (Å²) < 4.78 is 27.5. The van der Waals surface area contributed by atoms with Crippen molar-refractivity contribution >= 4 is 27.7 Å². The highest BCUT2D eigenvalue weighted by Crippen LogP contribution is 2.21. The molecule has 2 aliphatic rings. The second kappa shape index (κ2) is 6.47. The summed E-state index contributed by atoms with van der Waals surface area (Å²) in [6.45, 7) is 0.423. The second-order valence-electron chi connectivity index (χ2n) is 6.19. The Morgan fingerprint density at radius 3 is 2.36 bits per heavy atom. The van der Waals surface area contributed by atoms with Crippen LogP contribution >= 0.6 is 0 Å². The molecular weight excluding hydrogens is 348 g/mol. The molecule has 2 heterocycles. The number of nitrogens with zero attached hydrogens (tertiary/aromatic N) is 2. The maximum atomic E-state index is 12.2. The summed E-state index contributed by atoms with van der Waals surface area (Å²) >= 11 is 0.